The van der Waals surface area contributed by atoms with Crippen molar-refractivity contribution < 1.29 is 35.5 Å². The van der Waals surface area contributed by atoms with E-state index in [0.29, 0.717) is 18.1 Å². The first-order chi connectivity index (χ1) is 17.2. The molecular formula is C28H23F7O. The zero-order chi connectivity index (χ0) is 26.0. The van der Waals surface area contributed by atoms with Gasteiger partial charge in [0.1, 0.15) is 11.6 Å². The van der Waals surface area contributed by atoms with E-state index in [1.807, 2.05) is 0 Å². The lowest BCUT2D eigenvalue weighted by Gasteiger charge is -2.29. The van der Waals surface area contributed by atoms with Crippen LogP contribution in [0.3, 0.4) is 0 Å². The number of rotatable bonds is 6. The second-order valence-electron chi connectivity index (χ2n) is 8.87. The number of halogens is 7. The van der Waals surface area contributed by atoms with Gasteiger partial charge < -0.3 is 4.74 Å². The molecule has 0 aliphatic carbocycles. The molecule has 190 valence electrons. The Kier molecular flexibility index (Phi) is 7.83. The highest BCUT2D eigenvalue weighted by atomic mass is 19.2. The molecule has 1 saturated heterocycles. The zero-order valence-electron chi connectivity index (χ0n) is 19.4. The highest BCUT2D eigenvalue weighted by Gasteiger charge is 2.24. The molecule has 3 aromatic rings. The van der Waals surface area contributed by atoms with E-state index in [2.05, 4.69) is 6.92 Å². The van der Waals surface area contributed by atoms with Crippen LogP contribution >= 0.6 is 0 Å². The molecule has 1 fully saturated rings. The van der Waals surface area contributed by atoms with E-state index in [4.69, 9.17) is 4.74 Å². The standard InChI is InChI=1S/C28H23F7O/c1-2-3-15-4-9-25(36-14-15)17-6-7-19(21(29)11-17)16-5-8-20(22(30)10-16)27(34)26(33)18-12-23(31)28(35)24(32)13-18/h5-8,10-13,15,25H,2-4,9,14H2,1H3/b27-26+. The first-order valence-corrected chi connectivity index (χ1v) is 11.6. The number of hydrogen-bond donors (Lipinski definition) is 0. The molecule has 4 rings (SSSR count). The smallest absolute Gasteiger partial charge is 0.194 e. The van der Waals surface area contributed by atoms with Crippen LogP contribution in [-0.2, 0) is 4.74 Å². The van der Waals surface area contributed by atoms with E-state index in [0.717, 1.165) is 37.8 Å². The Morgan fingerprint density at radius 3 is 2.11 bits per heavy atom. The minimum atomic E-state index is -1.84. The Balaban J connectivity index is 1.57. The molecule has 1 heterocycles. The molecule has 1 aliphatic heterocycles. The summed E-state index contributed by atoms with van der Waals surface area (Å²) in [7, 11) is 0. The second kappa shape index (κ2) is 10.9. The van der Waals surface area contributed by atoms with Gasteiger partial charge in [-0.15, -0.1) is 0 Å². The number of benzene rings is 3. The SMILES string of the molecule is CCCC1CCC(c2ccc(-c3ccc(/C(F)=C(\F)c4cc(F)c(F)c(F)c4)c(F)c3)c(F)c2)OC1. The molecular weight excluding hydrogens is 485 g/mol. The van der Waals surface area contributed by atoms with E-state index < -0.39 is 51.9 Å². The quantitative estimate of drug-likeness (QED) is 0.183. The molecule has 2 unspecified atom stereocenters. The van der Waals surface area contributed by atoms with Crippen LogP contribution < -0.4 is 0 Å². The second-order valence-corrected chi connectivity index (χ2v) is 8.87. The molecule has 0 N–H and O–H groups in total. The molecule has 0 aromatic heterocycles. The molecule has 0 radical (unpaired) electrons. The van der Waals surface area contributed by atoms with Crippen LogP contribution in [0.4, 0.5) is 30.7 Å². The van der Waals surface area contributed by atoms with Crippen LogP contribution in [0.5, 0.6) is 0 Å². The van der Waals surface area contributed by atoms with Crippen LogP contribution in [0.1, 0.15) is 55.4 Å². The summed E-state index contributed by atoms with van der Waals surface area (Å²) in [6.45, 7) is 2.73. The third-order valence-corrected chi connectivity index (χ3v) is 6.38. The van der Waals surface area contributed by atoms with Crippen molar-refractivity contribution >= 4 is 11.7 Å². The Morgan fingerprint density at radius 1 is 0.806 bits per heavy atom. The van der Waals surface area contributed by atoms with E-state index in [9.17, 15) is 30.7 Å². The fourth-order valence-electron chi connectivity index (χ4n) is 4.46. The molecule has 36 heavy (non-hydrogen) atoms. The molecule has 1 aliphatic rings. The zero-order valence-corrected chi connectivity index (χ0v) is 19.4. The lowest BCUT2D eigenvalue weighted by molar-refractivity contribution is -0.0195. The van der Waals surface area contributed by atoms with E-state index in [1.54, 1.807) is 6.07 Å². The van der Waals surface area contributed by atoms with Crippen molar-refractivity contribution in [3.63, 3.8) is 0 Å². The van der Waals surface area contributed by atoms with Gasteiger partial charge in [0.2, 0.25) is 0 Å². The van der Waals surface area contributed by atoms with Crippen molar-refractivity contribution in [2.45, 2.75) is 38.7 Å². The summed E-state index contributed by atoms with van der Waals surface area (Å²) in [6, 6.07) is 7.92. The van der Waals surface area contributed by atoms with E-state index >= 15 is 0 Å². The fraction of sp³-hybridized carbons (Fsp3) is 0.286. The fourth-order valence-corrected chi connectivity index (χ4v) is 4.46. The monoisotopic (exact) mass is 508 g/mol. The summed E-state index contributed by atoms with van der Waals surface area (Å²) in [5, 5.41) is 0. The lowest BCUT2D eigenvalue weighted by Crippen LogP contribution is -2.20. The average molecular weight is 508 g/mol. The van der Waals surface area contributed by atoms with Crippen molar-refractivity contribution in [2.24, 2.45) is 5.92 Å². The maximum Gasteiger partial charge on any atom is 0.194 e. The Bertz CT molecular complexity index is 1270. The van der Waals surface area contributed by atoms with Gasteiger partial charge in [-0.25, -0.2) is 30.7 Å². The van der Waals surface area contributed by atoms with Gasteiger partial charge in [0.05, 0.1) is 12.7 Å². The van der Waals surface area contributed by atoms with Crippen LogP contribution in [0.15, 0.2) is 48.5 Å². The predicted molar refractivity (Wildman–Crippen MR) is 123 cm³/mol. The van der Waals surface area contributed by atoms with Crippen molar-refractivity contribution in [2.75, 3.05) is 6.61 Å². The maximum atomic E-state index is 14.9. The molecule has 0 bridgehead atoms. The lowest BCUT2D eigenvalue weighted by atomic mass is 9.91. The third-order valence-electron chi connectivity index (χ3n) is 6.38. The van der Waals surface area contributed by atoms with Crippen LogP contribution in [0.25, 0.3) is 22.8 Å². The number of hydrogen-bond acceptors (Lipinski definition) is 1. The maximum absolute atomic E-state index is 14.9. The van der Waals surface area contributed by atoms with Gasteiger partial charge in [-0.2, -0.15) is 0 Å². The molecule has 3 aromatic carbocycles. The van der Waals surface area contributed by atoms with Crippen LogP contribution in [0.2, 0.25) is 0 Å². The Morgan fingerprint density at radius 2 is 1.53 bits per heavy atom. The Labute approximate surface area is 204 Å². The van der Waals surface area contributed by atoms with E-state index in [-0.39, 0.29) is 29.4 Å². The summed E-state index contributed by atoms with van der Waals surface area (Å²) in [5.41, 5.74) is -0.968. The third kappa shape index (κ3) is 5.33. The highest BCUT2D eigenvalue weighted by Crippen LogP contribution is 2.36. The summed E-state index contributed by atoms with van der Waals surface area (Å²) in [5.74, 6) is -10.1. The van der Waals surface area contributed by atoms with Crippen molar-refractivity contribution in [3.05, 3.63) is 94.3 Å². The Hall–Kier alpha value is -3.13. The van der Waals surface area contributed by atoms with Gasteiger partial charge in [-0.05, 0) is 66.6 Å². The van der Waals surface area contributed by atoms with E-state index in [1.165, 1.54) is 18.2 Å². The van der Waals surface area contributed by atoms with Crippen molar-refractivity contribution in [1.29, 1.82) is 0 Å². The predicted octanol–water partition coefficient (Wildman–Crippen LogP) is 9.08. The minimum Gasteiger partial charge on any atom is -0.373 e. The first-order valence-electron chi connectivity index (χ1n) is 11.6. The molecule has 2 atom stereocenters. The van der Waals surface area contributed by atoms with Crippen molar-refractivity contribution in [1.82, 2.24) is 0 Å². The minimum absolute atomic E-state index is 0.0522. The molecule has 8 heteroatoms. The van der Waals surface area contributed by atoms with Gasteiger partial charge >= 0.3 is 0 Å². The van der Waals surface area contributed by atoms with Gasteiger partial charge in [-0.1, -0.05) is 31.5 Å². The average Bonchev–Trinajstić information content (AvgIpc) is 2.86. The topological polar surface area (TPSA) is 9.23 Å². The molecule has 1 nitrogen and oxygen atoms in total. The van der Waals surface area contributed by atoms with Crippen LogP contribution in [0, 0.1) is 35.0 Å². The van der Waals surface area contributed by atoms with Gasteiger partial charge in [0.15, 0.2) is 29.1 Å². The summed E-state index contributed by atoms with van der Waals surface area (Å²) >= 11 is 0. The van der Waals surface area contributed by atoms with Gasteiger partial charge in [0.25, 0.3) is 0 Å². The molecule has 0 spiro atoms. The normalized spacial score (nSPS) is 18.8. The van der Waals surface area contributed by atoms with Crippen molar-refractivity contribution in [3.8, 4) is 11.1 Å². The molecule has 0 amide bonds. The summed E-state index contributed by atoms with van der Waals surface area (Å²) < 4.78 is 104. The summed E-state index contributed by atoms with van der Waals surface area (Å²) in [4.78, 5) is 0. The van der Waals surface area contributed by atoms with Crippen LogP contribution in [-0.4, -0.2) is 6.61 Å². The van der Waals surface area contributed by atoms with Gasteiger partial charge in [0, 0.05) is 16.7 Å². The first kappa shape index (κ1) is 25.9. The molecule has 0 saturated carbocycles. The highest BCUT2D eigenvalue weighted by molar-refractivity contribution is 5.84. The number of ether oxygens (including phenoxy) is 1. The van der Waals surface area contributed by atoms with Gasteiger partial charge in [-0.3, -0.25) is 0 Å². The summed E-state index contributed by atoms with van der Waals surface area (Å²) in [6.07, 6.45) is 3.68. The largest absolute Gasteiger partial charge is 0.373 e.